The molecule has 0 heterocycles. The van der Waals surface area contributed by atoms with Crippen LogP contribution < -0.4 is 15.5 Å². The number of nitrogens with one attached hydrogen (secondary N) is 2. The van der Waals surface area contributed by atoms with Crippen LogP contribution >= 0.6 is 15.9 Å². The van der Waals surface area contributed by atoms with Crippen molar-refractivity contribution >= 4 is 45.3 Å². The standard InChI is InChI=1S/C24H21BrN4O5/c25-19-7-3-5-17(13-19)16-34-22-10-2-1-6-18(22)15-26-28-24(31)12-11-23(30)27-20-8-4-9-21(14-20)29(32)33/h1-10,13-15H,11-12,16H2,(H,27,30)(H,28,31). The van der Waals surface area contributed by atoms with Crippen LogP contribution in [0.1, 0.15) is 24.0 Å². The number of amides is 2. The molecule has 0 fully saturated rings. The molecular weight excluding hydrogens is 504 g/mol. The van der Waals surface area contributed by atoms with Crippen LogP contribution in [-0.4, -0.2) is 23.0 Å². The number of halogens is 1. The molecule has 2 amide bonds. The summed E-state index contributed by atoms with van der Waals surface area (Å²) in [7, 11) is 0. The summed E-state index contributed by atoms with van der Waals surface area (Å²) >= 11 is 3.43. The Morgan fingerprint density at radius 2 is 1.76 bits per heavy atom. The Morgan fingerprint density at radius 3 is 2.56 bits per heavy atom. The number of rotatable bonds is 10. The summed E-state index contributed by atoms with van der Waals surface area (Å²) in [6.07, 6.45) is 1.27. The van der Waals surface area contributed by atoms with Crippen LogP contribution in [0.3, 0.4) is 0 Å². The third kappa shape index (κ3) is 7.82. The molecule has 0 aliphatic rings. The van der Waals surface area contributed by atoms with Crippen molar-refractivity contribution in [1.82, 2.24) is 5.43 Å². The predicted octanol–water partition coefficient (Wildman–Crippen LogP) is 4.81. The van der Waals surface area contributed by atoms with Gasteiger partial charge in [0.15, 0.2) is 0 Å². The third-order valence-electron chi connectivity index (χ3n) is 4.52. The first-order chi connectivity index (χ1) is 16.4. The molecule has 0 saturated heterocycles. The van der Waals surface area contributed by atoms with Gasteiger partial charge >= 0.3 is 0 Å². The maximum absolute atomic E-state index is 12.0. The minimum atomic E-state index is -0.551. The van der Waals surface area contributed by atoms with E-state index in [1.807, 2.05) is 36.4 Å². The number of anilines is 1. The molecule has 0 aromatic heterocycles. The van der Waals surface area contributed by atoms with Gasteiger partial charge in [0.25, 0.3) is 5.69 Å². The summed E-state index contributed by atoms with van der Waals surface area (Å²) in [5.74, 6) is -0.277. The maximum atomic E-state index is 12.0. The average Bonchev–Trinajstić information content (AvgIpc) is 2.82. The Morgan fingerprint density at radius 1 is 1.00 bits per heavy atom. The number of nitro benzene ring substituents is 1. The molecule has 0 aliphatic heterocycles. The quantitative estimate of drug-likeness (QED) is 0.224. The number of benzene rings is 3. The summed E-state index contributed by atoms with van der Waals surface area (Å²) in [4.78, 5) is 34.3. The topological polar surface area (TPSA) is 123 Å². The molecule has 0 aliphatic carbocycles. The zero-order chi connectivity index (χ0) is 24.3. The number of hydrogen-bond donors (Lipinski definition) is 2. The second-order valence-corrected chi connectivity index (χ2v) is 8.02. The molecule has 34 heavy (non-hydrogen) atoms. The number of hydrogen-bond acceptors (Lipinski definition) is 6. The van der Waals surface area contributed by atoms with Crippen LogP contribution in [0, 0.1) is 10.1 Å². The van der Waals surface area contributed by atoms with Gasteiger partial charge in [-0.15, -0.1) is 0 Å². The van der Waals surface area contributed by atoms with Crippen molar-refractivity contribution in [3.8, 4) is 5.75 Å². The van der Waals surface area contributed by atoms with Crippen LogP contribution in [0.5, 0.6) is 5.75 Å². The highest BCUT2D eigenvalue weighted by molar-refractivity contribution is 9.10. The summed E-state index contributed by atoms with van der Waals surface area (Å²) in [6, 6.07) is 20.6. The van der Waals surface area contributed by atoms with Gasteiger partial charge in [-0.1, -0.05) is 46.3 Å². The first-order valence-electron chi connectivity index (χ1n) is 10.2. The van der Waals surface area contributed by atoms with Gasteiger partial charge in [-0.05, 0) is 35.9 Å². The van der Waals surface area contributed by atoms with Gasteiger partial charge in [-0.2, -0.15) is 5.10 Å². The number of para-hydroxylation sites is 1. The lowest BCUT2D eigenvalue weighted by atomic mass is 10.2. The summed E-state index contributed by atoms with van der Waals surface area (Å²) < 4.78 is 6.84. The van der Waals surface area contributed by atoms with Crippen molar-refractivity contribution in [3.05, 3.63) is 98.5 Å². The van der Waals surface area contributed by atoms with Crippen LogP contribution in [0.25, 0.3) is 0 Å². The predicted molar refractivity (Wildman–Crippen MR) is 132 cm³/mol. The largest absolute Gasteiger partial charge is 0.488 e. The second-order valence-electron chi connectivity index (χ2n) is 7.11. The molecule has 3 aromatic carbocycles. The number of hydrazone groups is 1. The van der Waals surface area contributed by atoms with E-state index in [4.69, 9.17) is 4.74 Å². The Kier molecular flexibility index (Phi) is 8.87. The van der Waals surface area contributed by atoms with Gasteiger partial charge in [0.1, 0.15) is 12.4 Å². The zero-order valence-corrected chi connectivity index (χ0v) is 19.5. The van der Waals surface area contributed by atoms with Gasteiger partial charge < -0.3 is 10.1 Å². The van der Waals surface area contributed by atoms with Gasteiger partial charge in [0.05, 0.1) is 11.1 Å². The molecule has 3 rings (SSSR count). The Bertz CT molecular complexity index is 1220. The minimum Gasteiger partial charge on any atom is -0.488 e. The van der Waals surface area contributed by atoms with Gasteiger partial charge in [0.2, 0.25) is 11.8 Å². The highest BCUT2D eigenvalue weighted by Crippen LogP contribution is 2.19. The van der Waals surface area contributed by atoms with Crippen molar-refractivity contribution < 1.29 is 19.2 Å². The summed E-state index contributed by atoms with van der Waals surface area (Å²) in [6.45, 7) is 0.371. The lowest BCUT2D eigenvalue weighted by Crippen LogP contribution is -2.20. The molecule has 3 aromatic rings. The molecule has 0 bridgehead atoms. The third-order valence-corrected chi connectivity index (χ3v) is 5.01. The van der Waals surface area contributed by atoms with Crippen molar-refractivity contribution in [1.29, 1.82) is 0 Å². The maximum Gasteiger partial charge on any atom is 0.271 e. The van der Waals surface area contributed by atoms with E-state index in [0.29, 0.717) is 17.9 Å². The normalized spacial score (nSPS) is 10.6. The lowest BCUT2D eigenvalue weighted by molar-refractivity contribution is -0.384. The Labute approximate surface area is 204 Å². The molecule has 0 unspecified atom stereocenters. The highest BCUT2D eigenvalue weighted by Gasteiger charge is 2.10. The smallest absolute Gasteiger partial charge is 0.271 e. The van der Waals surface area contributed by atoms with E-state index in [2.05, 4.69) is 31.8 Å². The highest BCUT2D eigenvalue weighted by atomic mass is 79.9. The summed E-state index contributed by atoms with van der Waals surface area (Å²) in [5, 5.41) is 17.3. The van der Waals surface area contributed by atoms with Gasteiger partial charge in [0, 0.05) is 40.7 Å². The molecule has 2 N–H and O–H groups in total. The molecule has 9 nitrogen and oxygen atoms in total. The number of carbonyl (C=O) groups is 2. The molecule has 0 saturated carbocycles. The lowest BCUT2D eigenvalue weighted by Gasteiger charge is -2.09. The number of nitrogens with zero attached hydrogens (tertiary/aromatic N) is 2. The van der Waals surface area contributed by atoms with E-state index >= 15 is 0 Å². The Hall–Kier alpha value is -4.05. The zero-order valence-electron chi connectivity index (χ0n) is 17.9. The number of ether oxygens (including phenoxy) is 1. The SMILES string of the molecule is O=C(CCC(=O)Nc1cccc([N+](=O)[O-])c1)NN=Cc1ccccc1OCc1cccc(Br)c1. The average molecular weight is 525 g/mol. The second kappa shape index (κ2) is 12.3. The first-order valence-corrected chi connectivity index (χ1v) is 11.0. The monoisotopic (exact) mass is 524 g/mol. The van der Waals surface area contributed by atoms with Gasteiger partial charge in [-0.3, -0.25) is 19.7 Å². The van der Waals surface area contributed by atoms with Crippen LogP contribution in [0.2, 0.25) is 0 Å². The number of nitro groups is 1. The molecule has 0 atom stereocenters. The van der Waals surface area contributed by atoms with Crippen molar-refractivity contribution in [2.24, 2.45) is 5.10 Å². The molecule has 0 spiro atoms. The minimum absolute atomic E-state index is 0.0981. The van der Waals surface area contributed by atoms with E-state index < -0.39 is 16.7 Å². The van der Waals surface area contributed by atoms with Crippen molar-refractivity contribution in [2.75, 3.05) is 5.32 Å². The van der Waals surface area contributed by atoms with E-state index in [-0.39, 0.29) is 24.2 Å². The van der Waals surface area contributed by atoms with Crippen LogP contribution in [0.4, 0.5) is 11.4 Å². The fourth-order valence-corrected chi connectivity index (χ4v) is 3.33. The van der Waals surface area contributed by atoms with E-state index in [9.17, 15) is 19.7 Å². The van der Waals surface area contributed by atoms with Crippen molar-refractivity contribution in [3.63, 3.8) is 0 Å². The fraction of sp³-hybridized carbons (Fsp3) is 0.125. The van der Waals surface area contributed by atoms with Gasteiger partial charge in [-0.25, -0.2) is 5.43 Å². The van der Waals surface area contributed by atoms with Crippen LogP contribution in [0.15, 0.2) is 82.4 Å². The fourth-order valence-electron chi connectivity index (χ4n) is 2.88. The molecule has 174 valence electrons. The van der Waals surface area contributed by atoms with E-state index in [1.165, 1.54) is 30.5 Å². The first kappa shape index (κ1) is 24.6. The Balaban J connectivity index is 1.47. The number of non-ortho nitro benzene ring substituents is 1. The van der Waals surface area contributed by atoms with Crippen molar-refractivity contribution in [2.45, 2.75) is 19.4 Å². The number of carbonyl (C=O) groups excluding carboxylic acids is 2. The van der Waals surface area contributed by atoms with E-state index in [0.717, 1.165) is 10.0 Å². The summed E-state index contributed by atoms with van der Waals surface area (Å²) in [5.41, 5.74) is 4.22. The van der Waals surface area contributed by atoms with E-state index in [1.54, 1.807) is 12.1 Å². The van der Waals surface area contributed by atoms with Crippen LogP contribution in [-0.2, 0) is 16.2 Å². The molecule has 10 heteroatoms. The molecule has 0 radical (unpaired) electrons. The molecular formula is C24H21BrN4O5.